The summed E-state index contributed by atoms with van der Waals surface area (Å²) < 4.78 is 1.59. The first kappa shape index (κ1) is 12.8. The van der Waals surface area contributed by atoms with E-state index in [-0.39, 0.29) is 10.6 Å². The average molecular weight is 272 g/mol. The van der Waals surface area contributed by atoms with E-state index in [0.717, 1.165) is 11.3 Å². The lowest BCUT2D eigenvalue weighted by molar-refractivity contribution is -0.384. The molecule has 6 nitrogen and oxygen atoms in total. The zero-order valence-corrected chi connectivity index (χ0v) is 11.2. The summed E-state index contributed by atoms with van der Waals surface area (Å²) in [7, 11) is 0. The summed E-state index contributed by atoms with van der Waals surface area (Å²) in [6.07, 6.45) is 4.23. The van der Waals surface area contributed by atoms with E-state index in [1.807, 2.05) is 19.1 Å². The van der Waals surface area contributed by atoms with Crippen LogP contribution in [0.2, 0.25) is 0 Å². The summed E-state index contributed by atoms with van der Waals surface area (Å²) >= 11 is 0. The Labute approximate surface area is 116 Å². The number of nitrogens with zero attached hydrogens (tertiary/aromatic N) is 3. The Hall–Kier alpha value is -2.21. The lowest BCUT2D eigenvalue weighted by atomic mass is 10.1. The van der Waals surface area contributed by atoms with Crippen molar-refractivity contribution in [1.29, 1.82) is 0 Å². The van der Waals surface area contributed by atoms with Crippen LogP contribution in [-0.4, -0.2) is 20.7 Å². The van der Waals surface area contributed by atoms with Gasteiger partial charge in [-0.25, -0.2) is 4.68 Å². The summed E-state index contributed by atoms with van der Waals surface area (Å²) in [5.41, 5.74) is 2.35. The fourth-order valence-electron chi connectivity index (χ4n) is 2.21. The van der Waals surface area contributed by atoms with Crippen LogP contribution in [0, 0.1) is 17.0 Å². The Bertz CT molecular complexity index is 646. The Balaban J connectivity index is 1.90. The molecule has 1 heterocycles. The second-order valence-corrected chi connectivity index (χ2v) is 5.11. The molecule has 0 unspecified atom stereocenters. The highest BCUT2D eigenvalue weighted by Gasteiger charge is 2.21. The van der Waals surface area contributed by atoms with Crippen molar-refractivity contribution in [1.82, 2.24) is 15.1 Å². The summed E-state index contributed by atoms with van der Waals surface area (Å²) in [6.45, 7) is 2.56. The first-order chi connectivity index (χ1) is 9.65. The van der Waals surface area contributed by atoms with E-state index < -0.39 is 0 Å². The Morgan fingerprint density at radius 1 is 1.45 bits per heavy atom. The molecule has 1 saturated carbocycles. The molecule has 0 radical (unpaired) electrons. The second-order valence-electron chi connectivity index (χ2n) is 5.11. The molecule has 1 aromatic heterocycles. The molecule has 3 rings (SSSR count). The van der Waals surface area contributed by atoms with E-state index in [2.05, 4.69) is 10.4 Å². The Morgan fingerprint density at radius 3 is 2.95 bits per heavy atom. The van der Waals surface area contributed by atoms with Crippen molar-refractivity contribution in [2.45, 2.75) is 32.4 Å². The van der Waals surface area contributed by atoms with Crippen LogP contribution in [0.25, 0.3) is 5.69 Å². The summed E-state index contributed by atoms with van der Waals surface area (Å²) in [5.74, 6) is 0. The Kier molecular flexibility index (Phi) is 3.23. The maximum atomic E-state index is 11.1. The standard InChI is InChI=1S/C14H16N4O2/c1-10-3-2-4-13(18(19)20)14(10)17-8-7-12(16-17)9-15-11-5-6-11/h2-4,7-8,11,15H,5-6,9H2,1H3. The summed E-state index contributed by atoms with van der Waals surface area (Å²) in [6, 6.07) is 7.56. The largest absolute Gasteiger partial charge is 0.308 e. The van der Waals surface area contributed by atoms with Gasteiger partial charge in [0.1, 0.15) is 5.69 Å². The number of aromatic nitrogens is 2. The molecule has 0 atom stereocenters. The summed E-state index contributed by atoms with van der Waals surface area (Å²) in [5, 5.41) is 18.9. The molecule has 1 aliphatic rings. The highest BCUT2D eigenvalue weighted by Crippen LogP contribution is 2.25. The van der Waals surface area contributed by atoms with Gasteiger partial charge in [-0.1, -0.05) is 12.1 Å². The van der Waals surface area contributed by atoms with Crippen LogP contribution in [0.15, 0.2) is 30.5 Å². The third-order valence-electron chi connectivity index (χ3n) is 3.44. The molecule has 1 aliphatic carbocycles. The average Bonchev–Trinajstić information content (AvgIpc) is 3.14. The lowest BCUT2D eigenvalue weighted by Crippen LogP contribution is -2.16. The maximum absolute atomic E-state index is 11.1. The van der Waals surface area contributed by atoms with E-state index >= 15 is 0 Å². The van der Waals surface area contributed by atoms with Gasteiger partial charge in [-0.3, -0.25) is 10.1 Å². The topological polar surface area (TPSA) is 73.0 Å². The van der Waals surface area contributed by atoms with Crippen molar-refractivity contribution in [3.8, 4) is 5.69 Å². The molecule has 0 aliphatic heterocycles. The highest BCUT2D eigenvalue weighted by atomic mass is 16.6. The van der Waals surface area contributed by atoms with Gasteiger partial charge in [0.2, 0.25) is 0 Å². The van der Waals surface area contributed by atoms with Gasteiger partial charge in [0.05, 0.1) is 10.6 Å². The number of rotatable bonds is 5. The quantitative estimate of drug-likeness (QED) is 0.669. The molecule has 0 spiro atoms. The van der Waals surface area contributed by atoms with Gasteiger partial charge in [-0.15, -0.1) is 0 Å². The molecule has 104 valence electrons. The van der Waals surface area contributed by atoms with Crippen LogP contribution >= 0.6 is 0 Å². The molecule has 20 heavy (non-hydrogen) atoms. The van der Waals surface area contributed by atoms with Crippen LogP contribution in [0.1, 0.15) is 24.1 Å². The smallest absolute Gasteiger partial charge is 0.295 e. The van der Waals surface area contributed by atoms with E-state index in [4.69, 9.17) is 0 Å². The van der Waals surface area contributed by atoms with Gasteiger partial charge < -0.3 is 5.32 Å². The number of benzene rings is 1. The van der Waals surface area contributed by atoms with E-state index in [1.54, 1.807) is 16.9 Å². The molecule has 0 bridgehead atoms. The third kappa shape index (κ3) is 2.55. The SMILES string of the molecule is Cc1cccc([N+](=O)[O-])c1-n1ccc(CNC2CC2)n1. The van der Waals surface area contributed by atoms with Gasteiger partial charge in [0.15, 0.2) is 0 Å². The van der Waals surface area contributed by atoms with Gasteiger partial charge in [-0.05, 0) is 31.4 Å². The number of hydrogen-bond acceptors (Lipinski definition) is 4. The van der Waals surface area contributed by atoms with Crippen LogP contribution in [0.3, 0.4) is 0 Å². The molecular formula is C14H16N4O2. The minimum Gasteiger partial charge on any atom is -0.308 e. The highest BCUT2D eigenvalue weighted by molar-refractivity contribution is 5.56. The zero-order valence-electron chi connectivity index (χ0n) is 11.2. The van der Waals surface area contributed by atoms with Gasteiger partial charge in [-0.2, -0.15) is 5.10 Å². The molecule has 6 heteroatoms. The lowest BCUT2D eigenvalue weighted by Gasteiger charge is -2.06. The van der Waals surface area contributed by atoms with Crippen LogP contribution in [0.4, 0.5) is 5.69 Å². The van der Waals surface area contributed by atoms with Crippen molar-refractivity contribution in [2.75, 3.05) is 0 Å². The number of hydrogen-bond donors (Lipinski definition) is 1. The van der Waals surface area contributed by atoms with Gasteiger partial charge in [0, 0.05) is 24.8 Å². The van der Waals surface area contributed by atoms with Crippen LogP contribution in [-0.2, 0) is 6.54 Å². The van der Waals surface area contributed by atoms with Crippen molar-refractivity contribution in [3.05, 3.63) is 51.8 Å². The fourth-order valence-corrected chi connectivity index (χ4v) is 2.21. The fraction of sp³-hybridized carbons (Fsp3) is 0.357. The number of nitro benzene ring substituents is 1. The molecule has 0 saturated heterocycles. The molecule has 1 fully saturated rings. The molecular weight excluding hydrogens is 256 g/mol. The molecule has 0 amide bonds. The monoisotopic (exact) mass is 272 g/mol. The third-order valence-corrected chi connectivity index (χ3v) is 3.44. The van der Waals surface area contributed by atoms with Crippen molar-refractivity contribution in [3.63, 3.8) is 0 Å². The van der Waals surface area contributed by atoms with Crippen molar-refractivity contribution < 1.29 is 4.92 Å². The van der Waals surface area contributed by atoms with E-state index in [0.29, 0.717) is 18.3 Å². The predicted octanol–water partition coefficient (Wildman–Crippen LogP) is 2.34. The minimum atomic E-state index is -0.369. The Morgan fingerprint density at radius 2 is 2.25 bits per heavy atom. The van der Waals surface area contributed by atoms with Gasteiger partial charge >= 0.3 is 0 Å². The summed E-state index contributed by atoms with van der Waals surface area (Å²) in [4.78, 5) is 10.8. The van der Waals surface area contributed by atoms with Crippen molar-refractivity contribution in [2.24, 2.45) is 0 Å². The minimum absolute atomic E-state index is 0.0785. The van der Waals surface area contributed by atoms with Crippen LogP contribution in [0.5, 0.6) is 0 Å². The first-order valence-corrected chi connectivity index (χ1v) is 6.67. The molecule has 1 aromatic carbocycles. The van der Waals surface area contributed by atoms with Gasteiger partial charge in [0.25, 0.3) is 5.69 Å². The van der Waals surface area contributed by atoms with Crippen LogP contribution < -0.4 is 5.32 Å². The molecule has 1 N–H and O–H groups in total. The normalized spacial score (nSPS) is 14.4. The zero-order chi connectivity index (χ0) is 14.1. The number of nitro groups is 1. The number of para-hydroxylation sites is 1. The van der Waals surface area contributed by atoms with E-state index in [1.165, 1.54) is 18.9 Å². The predicted molar refractivity (Wildman–Crippen MR) is 74.8 cm³/mol. The second kappa shape index (κ2) is 5.05. The van der Waals surface area contributed by atoms with E-state index in [9.17, 15) is 10.1 Å². The maximum Gasteiger partial charge on any atom is 0.295 e. The van der Waals surface area contributed by atoms with Crippen molar-refractivity contribution >= 4 is 5.69 Å². The number of nitrogens with one attached hydrogen (secondary N) is 1. The first-order valence-electron chi connectivity index (χ1n) is 6.67. The molecule has 2 aromatic rings. The number of aryl methyl sites for hydroxylation is 1.